The second-order valence-corrected chi connectivity index (χ2v) is 5.05. The third kappa shape index (κ3) is 3.10. The molecule has 92 valence electrons. The van der Waals surface area contributed by atoms with Crippen LogP contribution in [0.3, 0.4) is 0 Å². The quantitative estimate of drug-likeness (QED) is 0.621. The Kier molecular flexibility index (Phi) is 3.99. The lowest BCUT2D eigenvalue weighted by Crippen LogP contribution is -1.93. The Morgan fingerprint density at radius 3 is 2.06 bits per heavy atom. The van der Waals surface area contributed by atoms with Crippen molar-refractivity contribution < 1.29 is 0 Å². The zero-order valence-corrected chi connectivity index (χ0v) is 11.2. The van der Waals surface area contributed by atoms with Crippen molar-refractivity contribution in [2.45, 2.75) is 26.2 Å². The highest BCUT2D eigenvalue weighted by molar-refractivity contribution is 5.63. The van der Waals surface area contributed by atoms with Crippen LogP contribution in [-0.2, 0) is 0 Å². The number of hydrogen-bond donors (Lipinski definition) is 0. The van der Waals surface area contributed by atoms with Gasteiger partial charge in [0.05, 0.1) is 0 Å². The van der Waals surface area contributed by atoms with Crippen LogP contribution in [0.1, 0.15) is 31.7 Å². The van der Waals surface area contributed by atoms with Gasteiger partial charge in [-0.2, -0.15) is 0 Å². The molecule has 2 rings (SSSR count). The first kappa shape index (κ1) is 12.6. The second-order valence-electron chi connectivity index (χ2n) is 5.05. The van der Waals surface area contributed by atoms with Gasteiger partial charge >= 0.3 is 0 Å². The van der Waals surface area contributed by atoms with Crippen molar-refractivity contribution >= 4 is 0 Å². The molecular weight excluding hydrogens is 216 g/mol. The maximum Gasteiger partial charge on any atom is -0.0153 e. The minimum atomic E-state index is 0.548. The van der Waals surface area contributed by atoms with E-state index in [4.69, 9.17) is 0 Å². The van der Waals surface area contributed by atoms with E-state index in [9.17, 15) is 0 Å². The Morgan fingerprint density at radius 2 is 1.50 bits per heavy atom. The molecule has 0 amide bonds. The summed E-state index contributed by atoms with van der Waals surface area (Å²) in [5.41, 5.74) is 5.19. The van der Waals surface area contributed by atoms with E-state index >= 15 is 0 Å². The smallest absolute Gasteiger partial charge is 0.0153 e. The van der Waals surface area contributed by atoms with Gasteiger partial charge in [0, 0.05) is 0 Å². The predicted octanol–water partition coefficient (Wildman–Crippen LogP) is 5.42. The van der Waals surface area contributed by atoms with Gasteiger partial charge in [0.1, 0.15) is 0 Å². The summed E-state index contributed by atoms with van der Waals surface area (Å²) in [5.74, 6) is 0.548. The van der Waals surface area contributed by atoms with Crippen molar-refractivity contribution in [3.8, 4) is 11.1 Å². The van der Waals surface area contributed by atoms with Gasteiger partial charge in [0.25, 0.3) is 0 Å². The van der Waals surface area contributed by atoms with Crippen LogP contribution in [0.5, 0.6) is 0 Å². The fourth-order valence-electron chi connectivity index (χ4n) is 2.28. The monoisotopic (exact) mass is 236 g/mol. The fourth-order valence-corrected chi connectivity index (χ4v) is 2.28. The van der Waals surface area contributed by atoms with Crippen LogP contribution in [0.25, 0.3) is 11.1 Å². The van der Waals surface area contributed by atoms with E-state index in [0.29, 0.717) is 5.92 Å². The first-order valence-corrected chi connectivity index (χ1v) is 6.46. The highest BCUT2D eigenvalue weighted by Gasteiger charge is 2.05. The van der Waals surface area contributed by atoms with Crippen molar-refractivity contribution in [3.63, 3.8) is 0 Å². The molecule has 0 heterocycles. The minimum Gasteiger partial charge on any atom is -0.100 e. The van der Waals surface area contributed by atoms with Gasteiger partial charge in [-0.1, -0.05) is 67.1 Å². The molecule has 0 aliphatic carbocycles. The standard InChI is InChI=1S/C18H20/c1-14(2)13-15(3)16-9-11-18(12-10-16)17-7-5-4-6-8-17/h4-12,15H,1,13H2,2-3H3/t15-/m1/s1. The molecule has 0 unspecified atom stereocenters. The average Bonchev–Trinajstić information content (AvgIpc) is 2.39. The van der Waals surface area contributed by atoms with E-state index in [1.165, 1.54) is 22.3 Å². The average molecular weight is 236 g/mol. The van der Waals surface area contributed by atoms with Gasteiger partial charge in [0.15, 0.2) is 0 Å². The van der Waals surface area contributed by atoms with Crippen molar-refractivity contribution in [2.24, 2.45) is 0 Å². The van der Waals surface area contributed by atoms with E-state index in [1.807, 2.05) is 6.07 Å². The highest BCUT2D eigenvalue weighted by Crippen LogP contribution is 2.25. The van der Waals surface area contributed by atoms with Gasteiger partial charge in [-0.05, 0) is 36.0 Å². The second kappa shape index (κ2) is 5.68. The van der Waals surface area contributed by atoms with E-state index in [1.54, 1.807) is 0 Å². The lowest BCUT2D eigenvalue weighted by Gasteiger charge is -2.12. The third-order valence-corrected chi connectivity index (χ3v) is 3.24. The van der Waals surface area contributed by atoms with Crippen LogP contribution in [-0.4, -0.2) is 0 Å². The number of rotatable bonds is 4. The molecule has 0 aliphatic rings. The Bertz CT molecular complexity index is 505. The summed E-state index contributed by atoms with van der Waals surface area (Å²) in [6, 6.07) is 19.4. The zero-order valence-electron chi connectivity index (χ0n) is 11.2. The maximum absolute atomic E-state index is 3.99. The van der Waals surface area contributed by atoms with Gasteiger partial charge in [-0.15, -0.1) is 6.58 Å². The normalized spacial score (nSPS) is 12.1. The van der Waals surface area contributed by atoms with Crippen LogP contribution < -0.4 is 0 Å². The summed E-state index contributed by atoms with van der Waals surface area (Å²) in [6.07, 6.45) is 1.06. The van der Waals surface area contributed by atoms with Crippen molar-refractivity contribution in [3.05, 3.63) is 72.3 Å². The fraction of sp³-hybridized carbons (Fsp3) is 0.222. The van der Waals surface area contributed by atoms with Crippen LogP contribution in [0.15, 0.2) is 66.7 Å². The number of hydrogen-bond acceptors (Lipinski definition) is 0. The summed E-state index contributed by atoms with van der Waals surface area (Å²) >= 11 is 0. The van der Waals surface area contributed by atoms with E-state index in [-0.39, 0.29) is 0 Å². The molecule has 0 aromatic heterocycles. The Labute approximate surface area is 110 Å². The summed E-state index contributed by atoms with van der Waals surface area (Å²) in [6.45, 7) is 8.33. The lowest BCUT2D eigenvalue weighted by atomic mass is 9.93. The molecule has 0 radical (unpaired) electrons. The molecule has 0 fully saturated rings. The topological polar surface area (TPSA) is 0 Å². The number of benzene rings is 2. The molecule has 2 aromatic carbocycles. The lowest BCUT2D eigenvalue weighted by molar-refractivity contribution is 0.753. The van der Waals surface area contributed by atoms with Gasteiger partial charge in [0.2, 0.25) is 0 Å². The SMILES string of the molecule is C=C(C)C[C@@H](C)c1ccc(-c2ccccc2)cc1. The largest absolute Gasteiger partial charge is 0.100 e. The summed E-state index contributed by atoms with van der Waals surface area (Å²) in [7, 11) is 0. The van der Waals surface area contributed by atoms with Crippen LogP contribution in [0, 0.1) is 0 Å². The molecular formula is C18H20. The highest BCUT2D eigenvalue weighted by atomic mass is 14.1. The molecule has 1 atom stereocenters. The molecule has 0 N–H and O–H groups in total. The molecule has 0 spiro atoms. The van der Waals surface area contributed by atoms with E-state index in [0.717, 1.165) is 6.42 Å². The van der Waals surface area contributed by atoms with E-state index in [2.05, 4.69) is 69.0 Å². The molecule has 0 heteroatoms. The number of allylic oxidation sites excluding steroid dienone is 1. The molecule has 0 saturated heterocycles. The molecule has 18 heavy (non-hydrogen) atoms. The first-order valence-electron chi connectivity index (χ1n) is 6.46. The van der Waals surface area contributed by atoms with Crippen molar-refractivity contribution in [2.75, 3.05) is 0 Å². The zero-order chi connectivity index (χ0) is 13.0. The van der Waals surface area contributed by atoms with Crippen LogP contribution >= 0.6 is 0 Å². The summed E-state index contributed by atoms with van der Waals surface area (Å²) < 4.78 is 0. The summed E-state index contributed by atoms with van der Waals surface area (Å²) in [4.78, 5) is 0. The summed E-state index contributed by atoms with van der Waals surface area (Å²) in [5, 5.41) is 0. The minimum absolute atomic E-state index is 0.548. The van der Waals surface area contributed by atoms with Crippen molar-refractivity contribution in [1.29, 1.82) is 0 Å². The molecule has 0 saturated carbocycles. The molecule has 0 aliphatic heterocycles. The van der Waals surface area contributed by atoms with Crippen LogP contribution in [0.2, 0.25) is 0 Å². The third-order valence-electron chi connectivity index (χ3n) is 3.24. The van der Waals surface area contributed by atoms with Crippen LogP contribution in [0.4, 0.5) is 0 Å². The molecule has 2 aromatic rings. The Morgan fingerprint density at radius 1 is 0.944 bits per heavy atom. The Hall–Kier alpha value is -1.82. The van der Waals surface area contributed by atoms with Gasteiger partial charge in [-0.25, -0.2) is 0 Å². The molecule has 0 nitrogen and oxygen atoms in total. The van der Waals surface area contributed by atoms with Gasteiger partial charge in [-0.3, -0.25) is 0 Å². The van der Waals surface area contributed by atoms with E-state index < -0.39 is 0 Å². The maximum atomic E-state index is 3.99. The predicted molar refractivity (Wildman–Crippen MR) is 79.7 cm³/mol. The van der Waals surface area contributed by atoms with Gasteiger partial charge < -0.3 is 0 Å². The van der Waals surface area contributed by atoms with Crippen molar-refractivity contribution in [1.82, 2.24) is 0 Å². The Balaban J connectivity index is 2.18. The first-order chi connectivity index (χ1) is 8.66. The molecule has 0 bridgehead atoms.